The molecule has 2 bridgehead atoms. The molecule has 128 valence electrons. The van der Waals surface area contributed by atoms with E-state index in [9.17, 15) is 9.90 Å². The molecule has 3 heteroatoms. The lowest BCUT2D eigenvalue weighted by molar-refractivity contribution is -0.131. The van der Waals surface area contributed by atoms with Gasteiger partial charge in [0, 0.05) is 30.8 Å². The maximum Gasteiger partial charge on any atom is 0.134 e. The number of fused-ring (bicyclic) bond motifs is 1. The van der Waals surface area contributed by atoms with Crippen molar-refractivity contribution < 1.29 is 9.90 Å². The Bertz CT molecular complexity index is 695. The number of carbonyl (C=O) groups excluding carboxylic acids is 1. The van der Waals surface area contributed by atoms with Gasteiger partial charge in [-0.2, -0.15) is 0 Å². The standard InChI is InChI=1S/C21H27NO2/c1-13-8-17(24)11-21-6-7-22(12-14-2-3-14)19(20(13)21)9-15-4-5-16(23)10-18(15)21/h4-5,10,13-14,19-20,23H,2-3,6-9,11-12H2,1H3/t13?,19-,20+,21-/m1/s1. The molecule has 2 saturated carbocycles. The van der Waals surface area contributed by atoms with Crippen LogP contribution in [0.2, 0.25) is 0 Å². The lowest BCUT2D eigenvalue weighted by atomic mass is 9.49. The van der Waals surface area contributed by atoms with Crippen LogP contribution in [-0.4, -0.2) is 34.9 Å². The van der Waals surface area contributed by atoms with Crippen LogP contribution in [-0.2, 0) is 16.6 Å². The summed E-state index contributed by atoms with van der Waals surface area (Å²) in [5.41, 5.74) is 2.64. The SMILES string of the molecule is CC1CC(=O)C[C@]23CCN(CC4CC4)[C@H](Cc4ccc(O)cc42)[C@H]13. The maximum absolute atomic E-state index is 12.5. The Hall–Kier alpha value is -1.35. The summed E-state index contributed by atoms with van der Waals surface area (Å²) in [4.78, 5) is 15.3. The Morgan fingerprint density at radius 2 is 2.12 bits per heavy atom. The van der Waals surface area contributed by atoms with Crippen molar-refractivity contribution in [2.24, 2.45) is 17.8 Å². The van der Waals surface area contributed by atoms with Gasteiger partial charge < -0.3 is 5.11 Å². The first-order valence-corrected chi connectivity index (χ1v) is 9.65. The van der Waals surface area contributed by atoms with E-state index in [4.69, 9.17) is 0 Å². The molecule has 4 aliphatic rings. The molecule has 1 aromatic carbocycles. The highest BCUT2D eigenvalue weighted by Crippen LogP contribution is 2.57. The molecule has 0 radical (unpaired) electrons. The minimum absolute atomic E-state index is 0.0220. The number of Topliss-reactive ketones (excluding diaryl/α,β-unsaturated/α-hetero) is 1. The normalized spacial score (nSPS) is 38.5. The van der Waals surface area contributed by atoms with Crippen molar-refractivity contribution in [1.82, 2.24) is 4.90 Å². The molecule has 3 aliphatic carbocycles. The minimum Gasteiger partial charge on any atom is -0.508 e. The van der Waals surface area contributed by atoms with E-state index < -0.39 is 0 Å². The number of hydrogen-bond acceptors (Lipinski definition) is 3. The Kier molecular flexibility index (Phi) is 3.16. The van der Waals surface area contributed by atoms with E-state index in [1.807, 2.05) is 12.1 Å². The minimum atomic E-state index is -0.0220. The van der Waals surface area contributed by atoms with E-state index in [1.54, 1.807) is 0 Å². The first-order valence-electron chi connectivity index (χ1n) is 9.65. The Balaban J connectivity index is 1.63. The molecule has 3 nitrogen and oxygen atoms in total. The van der Waals surface area contributed by atoms with Crippen LogP contribution in [0.4, 0.5) is 0 Å². The number of likely N-dealkylation sites (tertiary alicyclic amines) is 1. The summed E-state index contributed by atoms with van der Waals surface area (Å²) >= 11 is 0. The molecule has 0 spiro atoms. The number of rotatable bonds is 2. The summed E-state index contributed by atoms with van der Waals surface area (Å²) in [5.74, 6) is 2.71. The van der Waals surface area contributed by atoms with Crippen LogP contribution in [0.25, 0.3) is 0 Å². The third kappa shape index (κ3) is 2.10. The van der Waals surface area contributed by atoms with Crippen LogP contribution in [0, 0.1) is 17.8 Å². The first-order chi connectivity index (χ1) is 11.6. The van der Waals surface area contributed by atoms with Crippen LogP contribution in [0.1, 0.15) is 50.2 Å². The van der Waals surface area contributed by atoms with Gasteiger partial charge in [-0.05, 0) is 73.2 Å². The fraction of sp³-hybridized carbons (Fsp3) is 0.667. The lowest BCUT2D eigenvalue weighted by Crippen LogP contribution is -2.64. The number of aromatic hydroxyl groups is 1. The first kappa shape index (κ1) is 14.9. The predicted octanol–water partition coefficient (Wildman–Crippen LogP) is 3.29. The quantitative estimate of drug-likeness (QED) is 0.907. The van der Waals surface area contributed by atoms with Crippen molar-refractivity contribution >= 4 is 5.78 Å². The smallest absolute Gasteiger partial charge is 0.134 e. The zero-order valence-electron chi connectivity index (χ0n) is 14.5. The second-order valence-corrected chi connectivity index (χ2v) is 8.88. The molecule has 4 atom stereocenters. The van der Waals surface area contributed by atoms with E-state index in [2.05, 4.69) is 17.9 Å². The van der Waals surface area contributed by atoms with E-state index in [0.717, 1.165) is 31.7 Å². The van der Waals surface area contributed by atoms with E-state index in [0.29, 0.717) is 35.8 Å². The number of ketones is 1. The van der Waals surface area contributed by atoms with Gasteiger partial charge in [0.2, 0.25) is 0 Å². The highest BCUT2D eigenvalue weighted by molar-refractivity contribution is 5.82. The zero-order chi connectivity index (χ0) is 16.5. The molecular formula is C21H27NO2. The van der Waals surface area contributed by atoms with E-state index in [1.165, 1.54) is 30.5 Å². The topological polar surface area (TPSA) is 40.5 Å². The van der Waals surface area contributed by atoms with Gasteiger partial charge in [-0.25, -0.2) is 0 Å². The van der Waals surface area contributed by atoms with Crippen molar-refractivity contribution in [2.75, 3.05) is 13.1 Å². The third-order valence-electron chi connectivity index (χ3n) is 7.29. The monoisotopic (exact) mass is 325 g/mol. The largest absolute Gasteiger partial charge is 0.508 e. The second kappa shape index (κ2) is 5.08. The Morgan fingerprint density at radius 1 is 1.29 bits per heavy atom. The molecule has 0 aromatic heterocycles. The Labute approximate surface area is 144 Å². The number of nitrogens with zero attached hydrogens (tertiary/aromatic N) is 1. The van der Waals surface area contributed by atoms with Crippen LogP contribution in [0.5, 0.6) is 5.75 Å². The van der Waals surface area contributed by atoms with Crippen LogP contribution >= 0.6 is 0 Å². The number of benzene rings is 1. The molecule has 24 heavy (non-hydrogen) atoms. The molecule has 3 fully saturated rings. The number of phenols is 1. The molecule has 0 amide bonds. The molecule has 1 aliphatic heterocycles. The van der Waals surface area contributed by atoms with E-state index >= 15 is 0 Å². The molecule has 1 aromatic rings. The molecule has 1 unspecified atom stereocenters. The van der Waals surface area contributed by atoms with Gasteiger partial charge in [-0.15, -0.1) is 0 Å². The number of phenolic OH excluding ortho intramolecular Hbond substituents is 1. The second-order valence-electron chi connectivity index (χ2n) is 8.88. The summed E-state index contributed by atoms with van der Waals surface area (Å²) in [6, 6.07) is 6.49. The molecule has 5 rings (SSSR count). The number of piperidine rings is 1. The van der Waals surface area contributed by atoms with Gasteiger partial charge in [-0.1, -0.05) is 13.0 Å². The van der Waals surface area contributed by atoms with Crippen LogP contribution in [0.15, 0.2) is 18.2 Å². The van der Waals surface area contributed by atoms with Gasteiger partial charge in [0.25, 0.3) is 0 Å². The summed E-state index contributed by atoms with van der Waals surface area (Å²) in [7, 11) is 0. The fourth-order valence-electron chi connectivity index (χ4n) is 6.27. The number of carbonyl (C=O) groups is 1. The van der Waals surface area contributed by atoms with Crippen molar-refractivity contribution in [2.45, 2.75) is 56.9 Å². The summed E-state index contributed by atoms with van der Waals surface area (Å²) in [6.07, 6.45) is 6.40. The molecule has 1 N–H and O–H groups in total. The maximum atomic E-state index is 12.5. The van der Waals surface area contributed by atoms with Gasteiger partial charge in [0.1, 0.15) is 11.5 Å². The van der Waals surface area contributed by atoms with Crippen molar-refractivity contribution in [3.63, 3.8) is 0 Å². The van der Waals surface area contributed by atoms with Crippen LogP contribution < -0.4 is 0 Å². The Morgan fingerprint density at radius 3 is 2.92 bits per heavy atom. The average molecular weight is 325 g/mol. The molecule has 1 heterocycles. The number of hydrogen-bond donors (Lipinski definition) is 1. The highest BCUT2D eigenvalue weighted by Gasteiger charge is 2.58. The van der Waals surface area contributed by atoms with E-state index in [-0.39, 0.29) is 5.41 Å². The van der Waals surface area contributed by atoms with Gasteiger partial charge in [0.05, 0.1) is 0 Å². The summed E-state index contributed by atoms with van der Waals surface area (Å²) in [6.45, 7) is 4.66. The van der Waals surface area contributed by atoms with Gasteiger partial charge >= 0.3 is 0 Å². The predicted molar refractivity (Wildman–Crippen MR) is 93.1 cm³/mol. The highest BCUT2D eigenvalue weighted by atomic mass is 16.3. The van der Waals surface area contributed by atoms with Gasteiger partial charge in [0.15, 0.2) is 0 Å². The van der Waals surface area contributed by atoms with Crippen molar-refractivity contribution in [3.05, 3.63) is 29.3 Å². The van der Waals surface area contributed by atoms with Crippen LogP contribution in [0.3, 0.4) is 0 Å². The fourth-order valence-corrected chi connectivity index (χ4v) is 6.27. The molecular weight excluding hydrogens is 298 g/mol. The van der Waals surface area contributed by atoms with Crippen molar-refractivity contribution in [3.8, 4) is 5.75 Å². The summed E-state index contributed by atoms with van der Waals surface area (Å²) in [5, 5.41) is 10.1. The van der Waals surface area contributed by atoms with Gasteiger partial charge in [-0.3, -0.25) is 9.69 Å². The summed E-state index contributed by atoms with van der Waals surface area (Å²) < 4.78 is 0. The molecule has 1 saturated heterocycles. The lowest BCUT2D eigenvalue weighted by Gasteiger charge is -2.60. The third-order valence-corrected chi connectivity index (χ3v) is 7.29. The van der Waals surface area contributed by atoms with Crippen molar-refractivity contribution in [1.29, 1.82) is 0 Å². The average Bonchev–Trinajstić information content (AvgIpc) is 3.34. The zero-order valence-corrected chi connectivity index (χ0v) is 14.5.